The zero-order valence-electron chi connectivity index (χ0n) is 7.01. The van der Waals surface area contributed by atoms with E-state index in [2.05, 4.69) is 9.40 Å². The number of halogens is 3. The van der Waals surface area contributed by atoms with E-state index in [0.29, 0.717) is 5.69 Å². The van der Waals surface area contributed by atoms with Crippen molar-refractivity contribution in [3.05, 3.63) is 17.3 Å². The molecule has 0 bridgehead atoms. The van der Waals surface area contributed by atoms with Crippen LogP contribution in [0.25, 0.3) is 0 Å². The van der Waals surface area contributed by atoms with Crippen LogP contribution in [0.15, 0.2) is 4.42 Å². The van der Waals surface area contributed by atoms with E-state index in [4.69, 9.17) is 5.11 Å². The van der Waals surface area contributed by atoms with Gasteiger partial charge in [-0.25, -0.2) is 4.98 Å². The molecule has 0 aliphatic heterocycles. The summed E-state index contributed by atoms with van der Waals surface area (Å²) in [5, 5.41) is 8.71. The van der Waals surface area contributed by atoms with E-state index in [0.717, 1.165) is 0 Å². The lowest BCUT2D eigenvalue weighted by atomic mass is 10.3. The summed E-state index contributed by atoms with van der Waals surface area (Å²) >= 11 is 0. The summed E-state index contributed by atoms with van der Waals surface area (Å²) in [5.41, 5.74) is 0.346. The molecule has 0 fully saturated rings. The smallest absolute Gasteiger partial charge is 0.423 e. The van der Waals surface area contributed by atoms with E-state index in [9.17, 15) is 13.2 Å². The Labute approximate surface area is 72.2 Å². The third-order valence-corrected chi connectivity index (χ3v) is 1.59. The minimum atomic E-state index is -4.73. The van der Waals surface area contributed by atoms with Crippen LogP contribution in [0.4, 0.5) is 13.2 Å². The Hall–Kier alpha value is -1.04. The van der Waals surface area contributed by atoms with Crippen molar-refractivity contribution in [1.29, 1.82) is 0 Å². The number of aliphatic hydroxyl groups is 1. The maximum atomic E-state index is 11.9. The topological polar surface area (TPSA) is 46.3 Å². The first-order valence-electron chi connectivity index (χ1n) is 3.51. The first-order chi connectivity index (χ1) is 5.82. The third kappa shape index (κ3) is 2.00. The fourth-order valence-corrected chi connectivity index (χ4v) is 0.755. The Morgan fingerprint density at radius 3 is 2.23 bits per heavy atom. The van der Waals surface area contributed by atoms with Crippen molar-refractivity contribution < 1.29 is 22.7 Å². The molecule has 1 atom stereocenters. The second kappa shape index (κ2) is 3.02. The number of oxazole rings is 1. The molecule has 1 aromatic heterocycles. The van der Waals surface area contributed by atoms with Gasteiger partial charge in [0.25, 0.3) is 0 Å². The van der Waals surface area contributed by atoms with Gasteiger partial charge in [0, 0.05) is 0 Å². The van der Waals surface area contributed by atoms with Crippen molar-refractivity contribution in [2.24, 2.45) is 0 Å². The minimum Gasteiger partial charge on any atom is -0.442 e. The van der Waals surface area contributed by atoms with Crippen LogP contribution in [0.3, 0.4) is 0 Å². The lowest BCUT2D eigenvalue weighted by Gasteiger charge is -2.09. The monoisotopic (exact) mass is 195 g/mol. The van der Waals surface area contributed by atoms with Crippen LogP contribution >= 0.6 is 0 Å². The number of hydrogen-bond acceptors (Lipinski definition) is 3. The molecule has 0 aromatic carbocycles. The van der Waals surface area contributed by atoms with Gasteiger partial charge in [0.1, 0.15) is 5.76 Å². The van der Waals surface area contributed by atoms with Crippen molar-refractivity contribution in [2.45, 2.75) is 26.1 Å². The van der Waals surface area contributed by atoms with Crippen molar-refractivity contribution in [1.82, 2.24) is 4.98 Å². The summed E-state index contributed by atoms with van der Waals surface area (Å²) < 4.78 is 40.4. The maximum Gasteiger partial charge on any atom is 0.423 e. The van der Waals surface area contributed by atoms with Crippen molar-refractivity contribution in [3.8, 4) is 0 Å². The van der Waals surface area contributed by atoms with Crippen molar-refractivity contribution >= 4 is 0 Å². The number of rotatable bonds is 1. The van der Waals surface area contributed by atoms with Gasteiger partial charge in [-0.05, 0) is 13.8 Å². The Balaban J connectivity index is 2.96. The van der Waals surface area contributed by atoms with Gasteiger partial charge in [0.15, 0.2) is 0 Å². The van der Waals surface area contributed by atoms with Gasteiger partial charge in [-0.3, -0.25) is 0 Å². The molecule has 0 amide bonds. The average Bonchev–Trinajstić information content (AvgIpc) is 2.29. The van der Waals surface area contributed by atoms with Gasteiger partial charge in [0.2, 0.25) is 12.0 Å². The van der Waals surface area contributed by atoms with Crippen molar-refractivity contribution in [3.63, 3.8) is 0 Å². The second-order valence-electron chi connectivity index (χ2n) is 2.64. The number of aromatic nitrogens is 1. The molecule has 0 radical (unpaired) electrons. The van der Waals surface area contributed by atoms with E-state index >= 15 is 0 Å². The highest BCUT2D eigenvalue weighted by molar-refractivity contribution is 5.07. The zero-order valence-corrected chi connectivity index (χ0v) is 7.01. The molecule has 0 saturated carbocycles. The molecule has 0 aliphatic carbocycles. The van der Waals surface area contributed by atoms with E-state index in [1.165, 1.54) is 13.8 Å². The van der Waals surface area contributed by atoms with Crippen LogP contribution in [0, 0.1) is 13.8 Å². The van der Waals surface area contributed by atoms with Gasteiger partial charge in [-0.15, -0.1) is 0 Å². The molecule has 1 aromatic rings. The SMILES string of the molecule is Cc1nc([C@@H](O)C(F)(F)F)oc1C. The van der Waals surface area contributed by atoms with Crippen LogP contribution in [-0.4, -0.2) is 16.3 Å². The molecule has 74 valence electrons. The third-order valence-electron chi connectivity index (χ3n) is 1.59. The predicted molar refractivity (Wildman–Crippen MR) is 37.0 cm³/mol. The highest BCUT2D eigenvalue weighted by Gasteiger charge is 2.42. The summed E-state index contributed by atoms with van der Waals surface area (Å²) in [6, 6.07) is 0. The molecule has 1 rings (SSSR count). The molecule has 1 heterocycles. The number of aliphatic hydroxyl groups excluding tert-OH is 1. The van der Waals surface area contributed by atoms with E-state index in [-0.39, 0.29) is 5.76 Å². The largest absolute Gasteiger partial charge is 0.442 e. The van der Waals surface area contributed by atoms with Gasteiger partial charge < -0.3 is 9.52 Å². The molecule has 0 unspecified atom stereocenters. The van der Waals surface area contributed by atoms with E-state index in [1.54, 1.807) is 0 Å². The van der Waals surface area contributed by atoms with Crippen LogP contribution < -0.4 is 0 Å². The van der Waals surface area contributed by atoms with Gasteiger partial charge in [-0.2, -0.15) is 13.2 Å². The van der Waals surface area contributed by atoms with Gasteiger partial charge in [-0.1, -0.05) is 0 Å². The molecule has 6 heteroatoms. The van der Waals surface area contributed by atoms with E-state index in [1.807, 2.05) is 0 Å². The van der Waals surface area contributed by atoms with Gasteiger partial charge >= 0.3 is 6.18 Å². The van der Waals surface area contributed by atoms with Crippen LogP contribution in [-0.2, 0) is 0 Å². The highest BCUT2D eigenvalue weighted by Crippen LogP contribution is 2.32. The number of alkyl halides is 3. The predicted octanol–water partition coefficient (Wildman–Crippen LogP) is 1.89. The fourth-order valence-electron chi connectivity index (χ4n) is 0.755. The molecule has 0 saturated heterocycles. The lowest BCUT2D eigenvalue weighted by Crippen LogP contribution is -2.20. The Morgan fingerprint density at radius 2 is 1.92 bits per heavy atom. The summed E-state index contributed by atoms with van der Waals surface area (Å²) in [6.07, 6.45) is -7.37. The quantitative estimate of drug-likeness (QED) is 0.744. The first kappa shape index (κ1) is 10.0. The summed E-state index contributed by atoms with van der Waals surface area (Å²) in [4.78, 5) is 3.44. The Bertz CT molecular complexity index is 286. The normalized spacial score (nSPS) is 14.6. The van der Waals surface area contributed by atoms with Crippen LogP contribution in [0.2, 0.25) is 0 Å². The standard InChI is InChI=1S/C7H8F3NO2/c1-3-4(2)13-6(11-3)5(12)7(8,9)10/h5,12H,1-2H3/t5-/m1/s1. The first-order valence-corrected chi connectivity index (χ1v) is 3.51. The zero-order chi connectivity index (χ0) is 10.2. The lowest BCUT2D eigenvalue weighted by molar-refractivity contribution is -0.213. The molecule has 13 heavy (non-hydrogen) atoms. The van der Waals surface area contributed by atoms with Crippen molar-refractivity contribution in [2.75, 3.05) is 0 Å². The average molecular weight is 195 g/mol. The Morgan fingerprint density at radius 1 is 1.38 bits per heavy atom. The minimum absolute atomic E-state index is 0.276. The van der Waals surface area contributed by atoms with Crippen LogP contribution in [0.5, 0.6) is 0 Å². The Kier molecular flexibility index (Phi) is 2.34. The maximum absolute atomic E-state index is 11.9. The number of nitrogens with zero attached hydrogens (tertiary/aromatic N) is 1. The fraction of sp³-hybridized carbons (Fsp3) is 0.571. The van der Waals surface area contributed by atoms with Crippen LogP contribution in [0.1, 0.15) is 23.4 Å². The highest BCUT2D eigenvalue weighted by atomic mass is 19.4. The molecule has 0 spiro atoms. The molecule has 1 N–H and O–H groups in total. The summed E-state index contributed by atoms with van der Waals surface area (Å²) in [6.45, 7) is 2.99. The number of aryl methyl sites for hydroxylation is 2. The summed E-state index contributed by atoms with van der Waals surface area (Å²) in [5.74, 6) is -0.430. The molecule has 0 aliphatic rings. The molecular formula is C7H8F3NO2. The molecular weight excluding hydrogens is 187 g/mol. The molecule has 3 nitrogen and oxygen atoms in total. The number of hydrogen-bond donors (Lipinski definition) is 1. The second-order valence-corrected chi connectivity index (χ2v) is 2.64. The summed E-state index contributed by atoms with van der Waals surface area (Å²) in [7, 11) is 0. The van der Waals surface area contributed by atoms with E-state index < -0.39 is 18.2 Å². The van der Waals surface area contributed by atoms with Gasteiger partial charge in [0.05, 0.1) is 5.69 Å².